The zero-order valence-corrected chi connectivity index (χ0v) is 20.7. The Labute approximate surface area is 215 Å². The summed E-state index contributed by atoms with van der Waals surface area (Å²) >= 11 is 0. The van der Waals surface area contributed by atoms with Gasteiger partial charge in [-0.25, -0.2) is 13.4 Å². The Morgan fingerprint density at radius 2 is 1.58 bits per heavy atom. The van der Waals surface area contributed by atoms with Crippen LogP contribution in [0.15, 0.2) is 59.8 Å². The van der Waals surface area contributed by atoms with Crippen molar-refractivity contribution in [3.63, 3.8) is 0 Å². The summed E-state index contributed by atoms with van der Waals surface area (Å²) in [5.74, 6) is -0.330. The Kier molecular flexibility index (Phi) is 7.21. The first-order valence-corrected chi connectivity index (χ1v) is 13.1. The largest absolute Gasteiger partial charge is 0.417 e. The molecular formula is C25H24F6N4O2S. The Bertz CT molecular complexity index is 1430. The van der Waals surface area contributed by atoms with Crippen molar-refractivity contribution in [3.05, 3.63) is 71.7 Å². The van der Waals surface area contributed by atoms with E-state index in [1.807, 2.05) is 0 Å². The summed E-state index contributed by atoms with van der Waals surface area (Å²) < 4.78 is 107. The van der Waals surface area contributed by atoms with Crippen molar-refractivity contribution in [1.82, 2.24) is 9.97 Å². The van der Waals surface area contributed by atoms with Crippen molar-refractivity contribution in [3.8, 4) is 11.1 Å². The standard InChI is InChI=1S/C25H24F6N4O2S/c26-24(27,28)16-13-18(22(33)35-14-16)23(9-4-1-5-10-23)38(36,37)20-7-3-2-6-17(20)15-8-11-34-19(12-15)21(32)25(29,30)31/h2-3,6-8,11-14,21H,1,4-5,9-10,32H2,(H2,33,35). The van der Waals surface area contributed by atoms with Crippen LogP contribution >= 0.6 is 0 Å². The molecule has 13 heteroatoms. The molecule has 2 aromatic heterocycles. The number of nitrogen functional groups attached to an aromatic ring is 1. The molecule has 2 heterocycles. The number of anilines is 1. The maximum atomic E-state index is 14.4. The molecule has 3 aromatic rings. The van der Waals surface area contributed by atoms with Crippen molar-refractivity contribution in [1.29, 1.82) is 0 Å². The van der Waals surface area contributed by atoms with Gasteiger partial charge >= 0.3 is 12.4 Å². The van der Waals surface area contributed by atoms with E-state index in [1.54, 1.807) is 0 Å². The number of sulfone groups is 1. The van der Waals surface area contributed by atoms with Gasteiger partial charge in [0.05, 0.1) is 16.2 Å². The van der Waals surface area contributed by atoms with Crippen molar-refractivity contribution >= 4 is 15.7 Å². The van der Waals surface area contributed by atoms with Crippen LogP contribution in [0.1, 0.15) is 55.0 Å². The van der Waals surface area contributed by atoms with E-state index >= 15 is 0 Å². The van der Waals surface area contributed by atoms with Gasteiger partial charge < -0.3 is 11.5 Å². The number of hydrogen-bond acceptors (Lipinski definition) is 6. The van der Waals surface area contributed by atoms with Gasteiger partial charge in [0.2, 0.25) is 0 Å². The second-order valence-corrected chi connectivity index (χ2v) is 11.4. The Morgan fingerprint density at radius 1 is 0.921 bits per heavy atom. The molecule has 38 heavy (non-hydrogen) atoms. The molecule has 4 rings (SSSR count). The number of aromatic nitrogens is 2. The highest BCUT2D eigenvalue weighted by Gasteiger charge is 2.50. The van der Waals surface area contributed by atoms with E-state index in [9.17, 15) is 34.8 Å². The molecule has 0 amide bonds. The minimum Gasteiger partial charge on any atom is -0.383 e. The van der Waals surface area contributed by atoms with E-state index in [2.05, 4.69) is 9.97 Å². The number of benzene rings is 1. The molecule has 1 aliphatic carbocycles. The number of halogens is 6. The lowest BCUT2D eigenvalue weighted by molar-refractivity contribution is -0.150. The highest BCUT2D eigenvalue weighted by molar-refractivity contribution is 7.92. The molecule has 1 saturated carbocycles. The Morgan fingerprint density at radius 3 is 2.21 bits per heavy atom. The topological polar surface area (TPSA) is 112 Å². The molecular weight excluding hydrogens is 534 g/mol. The van der Waals surface area contributed by atoms with Crippen molar-refractivity contribution in [2.45, 2.75) is 60.1 Å². The molecule has 1 atom stereocenters. The second kappa shape index (κ2) is 9.84. The van der Waals surface area contributed by atoms with Crippen LogP contribution in [-0.2, 0) is 20.8 Å². The molecule has 1 aliphatic rings. The van der Waals surface area contributed by atoms with E-state index in [-0.39, 0.29) is 40.2 Å². The number of hydrogen-bond donors (Lipinski definition) is 2. The smallest absolute Gasteiger partial charge is 0.383 e. The van der Waals surface area contributed by atoms with Gasteiger partial charge in [-0.05, 0) is 42.7 Å². The first-order valence-electron chi connectivity index (χ1n) is 11.6. The van der Waals surface area contributed by atoms with Crippen molar-refractivity contribution < 1.29 is 34.8 Å². The number of nitrogens with two attached hydrogens (primary N) is 2. The molecule has 0 spiro atoms. The lowest BCUT2D eigenvalue weighted by atomic mass is 9.82. The van der Waals surface area contributed by atoms with Crippen LogP contribution in [0.4, 0.5) is 32.2 Å². The minimum absolute atomic E-state index is 0.00258. The maximum Gasteiger partial charge on any atom is 0.417 e. The molecule has 6 nitrogen and oxygen atoms in total. The molecule has 1 unspecified atom stereocenters. The van der Waals surface area contributed by atoms with E-state index < -0.39 is 44.2 Å². The third-order valence-electron chi connectivity index (χ3n) is 6.85. The maximum absolute atomic E-state index is 14.4. The average molecular weight is 559 g/mol. The Hall–Kier alpha value is -3.19. The third kappa shape index (κ3) is 4.96. The molecule has 4 N–H and O–H groups in total. The van der Waals surface area contributed by atoms with Gasteiger partial charge in [-0.3, -0.25) is 4.98 Å². The van der Waals surface area contributed by atoms with E-state index in [1.165, 1.54) is 30.3 Å². The summed E-state index contributed by atoms with van der Waals surface area (Å²) in [5, 5.41) is 0. The predicted molar refractivity (Wildman–Crippen MR) is 128 cm³/mol. The van der Waals surface area contributed by atoms with Crippen LogP contribution in [0.5, 0.6) is 0 Å². The number of nitrogens with zero attached hydrogens (tertiary/aromatic N) is 2. The highest BCUT2D eigenvalue weighted by atomic mass is 32.2. The molecule has 0 bridgehead atoms. The minimum atomic E-state index is -4.78. The van der Waals surface area contributed by atoms with Crippen molar-refractivity contribution in [2.24, 2.45) is 5.73 Å². The fraction of sp³-hybridized carbons (Fsp3) is 0.360. The fourth-order valence-electron chi connectivity index (χ4n) is 4.90. The lowest BCUT2D eigenvalue weighted by Gasteiger charge is -2.38. The monoisotopic (exact) mass is 558 g/mol. The number of rotatable bonds is 5. The molecule has 0 radical (unpaired) electrons. The highest BCUT2D eigenvalue weighted by Crippen LogP contribution is 2.50. The van der Waals surface area contributed by atoms with Crippen LogP contribution < -0.4 is 11.5 Å². The summed E-state index contributed by atoms with van der Waals surface area (Å²) in [5.41, 5.74) is 9.59. The van der Waals surface area contributed by atoms with E-state index in [0.717, 1.165) is 18.3 Å². The van der Waals surface area contributed by atoms with Crippen LogP contribution in [0.2, 0.25) is 0 Å². The zero-order valence-electron chi connectivity index (χ0n) is 19.9. The van der Waals surface area contributed by atoms with Gasteiger partial charge in [0.15, 0.2) is 9.84 Å². The summed E-state index contributed by atoms with van der Waals surface area (Å²) in [6.45, 7) is 0. The second-order valence-electron chi connectivity index (χ2n) is 9.20. The Balaban J connectivity index is 1.93. The molecule has 0 aliphatic heterocycles. The quantitative estimate of drug-likeness (QED) is 0.375. The average Bonchev–Trinajstić information content (AvgIpc) is 2.87. The number of alkyl halides is 6. The van der Waals surface area contributed by atoms with Crippen LogP contribution in [0.25, 0.3) is 11.1 Å². The molecule has 1 aromatic carbocycles. The number of pyridine rings is 2. The SMILES string of the molecule is Nc1ncc(C(F)(F)F)cc1C1(S(=O)(=O)c2ccccc2-c2ccnc(C(N)C(F)(F)F)c2)CCCCC1. The van der Waals surface area contributed by atoms with Crippen molar-refractivity contribution in [2.75, 3.05) is 5.73 Å². The third-order valence-corrected chi connectivity index (χ3v) is 9.44. The summed E-state index contributed by atoms with van der Waals surface area (Å²) in [7, 11) is -4.46. The van der Waals surface area contributed by atoms with Gasteiger partial charge in [-0.1, -0.05) is 37.5 Å². The van der Waals surface area contributed by atoms with Gasteiger partial charge in [0.1, 0.15) is 16.6 Å². The zero-order chi connectivity index (χ0) is 27.9. The van der Waals surface area contributed by atoms with Gasteiger partial charge in [0.25, 0.3) is 0 Å². The van der Waals surface area contributed by atoms with Gasteiger partial charge in [0, 0.05) is 23.5 Å². The van der Waals surface area contributed by atoms with Crippen LogP contribution in [0.3, 0.4) is 0 Å². The molecule has 204 valence electrons. The summed E-state index contributed by atoms with van der Waals surface area (Å²) in [6.07, 6.45) is -6.42. The lowest BCUT2D eigenvalue weighted by Crippen LogP contribution is -2.39. The summed E-state index contributed by atoms with van der Waals surface area (Å²) in [4.78, 5) is 7.11. The fourth-order valence-corrected chi connectivity index (χ4v) is 7.34. The predicted octanol–water partition coefficient (Wildman–Crippen LogP) is 5.94. The first kappa shape index (κ1) is 27.8. The van der Waals surface area contributed by atoms with Crippen LogP contribution in [0, 0.1) is 0 Å². The van der Waals surface area contributed by atoms with Gasteiger partial charge in [-0.15, -0.1) is 0 Å². The molecule has 1 fully saturated rings. The van der Waals surface area contributed by atoms with E-state index in [4.69, 9.17) is 11.5 Å². The molecule has 0 saturated heterocycles. The van der Waals surface area contributed by atoms with Gasteiger partial charge in [-0.2, -0.15) is 26.3 Å². The first-order chi connectivity index (χ1) is 17.7. The van der Waals surface area contributed by atoms with Crippen LogP contribution in [-0.4, -0.2) is 24.6 Å². The normalized spacial score (nSPS) is 17.2. The summed E-state index contributed by atoms with van der Waals surface area (Å²) in [6, 6.07) is 6.37. The van der Waals surface area contributed by atoms with E-state index in [0.29, 0.717) is 25.5 Å².